The van der Waals surface area contributed by atoms with Crippen molar-refractivity contribution in [1.82, 2.24) is 0 Å². The Kier molecular flexibility index (Phi) is 6.42. The van der Waals surface area contributed by atoms with Crippen LogP contribution in [0.2, 0.25) is 0 Å². The van der Waals surface area contributed by atoms with E-state index in [1.165, 1.54) is 18.9 Å². The van der Waals surface area contributed by atoms with Crippen molar-refractivity contribution < 1.29 is 23.9 Å². The van der Waals surface area contributed by atoms with Gasteiger partial charge in [0.05, 0.1) is 24.1 Å². The minimum atomic E-state index is -1.17. The smallest absolute Gasteiger partial charge is 0.339 e. The summed E-state index contributed by atoms with van der Waals surface area (Å²) in [4.78, 5) is 38.5. The number of ether oxygens (including phenoxy) is 2. The number of esters is 1. The van der Waals surface area contributed by atoms with E-state index in [1.54, 1.807) is 66.7 Å². The van der Waals surface area contributed by atoms with Crippen molar-refractivity contribution in [3.63, 3.8) is 0 Å². The summed E-state index contributed by atoms with van der Waals surface area (Å²) in [5.74, 6) is -0.387. The van der Waals surface area contributed by atoms with Crippen molar-refractivity contribution in [3.05, 3.63) is 83.9 Å². The van der Waals surface area contributed by atoms with E-state index >= 15 is 0 Å². The second-order valence-electron chi connectivity index (χ2n) is 6.97. The average Bonchev–Trinajstić information content (AvgIpc) is 2.82. The van der Waals surface area contributed by atoms with Gasteiger partial charge in [0.15, 0.2) is 0 Å². The highest BCUT2D eigenvalue weighted by molar-refractivity contribution is 8.00. The molecule has 1 heterocycles. The first-order valence-electron chi connectivity index (χ1n) is 9.81. The molecular weight excluding hydrogens is 428 g/mol. The third kappa shape index (κ3) is 4.92. The molecule has 2 N–H and O–H groups in total. The molecule has 0 saturated carbocycles. The molecule has 4 rings (SSSR count). The number of hydrogen-bond donors (Lipinski definition) is 2. The summed E-state index contributed by atoms with van der Waals surface area (Å²) in [5.41, 5.74) is 1.84. The third-order valence-electron chi connectivity index (χ3n) is 4.75. The molecule has 2 amide bonds. The maximum Gasteiger partial charge on any atom is 0.339 e. The zero-order chi connectivity index (χ0) is 22.5. The Labute approximate surface area is 189 Å². The van der Waals surface area contributed by atoms with Crippen LogP contribution in [0.25, 0.3) is 0 Å². The van der Waals surface area contributed by atoms with Gasteiger partial charge in [0.2, 0.25) is 12.0 Å². The van der Waals surface area contributed by atoms with Gasteiger partial charge in [-0.2, -0.15) is 0 Å². The van der Waals surface area contributed by atoms with Gasteiger partial charge in [-0.15, -0.1) is 11.8 Å². The first-order valence-corrected chi connectivity index (χ1v) is 10.8. The normalized spacial score (nSPS) is 13.3. The summed E-state index contributed by atoms with van der Waals surface area (Å²) in [6.07, 6.45) is -1.17. The zero-order valence-electron chi connectivity index (χ0n) is 17.2. The number of methoxy groups -OCH3 is 1. The lowest BCUT2D eigenvalue weighted by molar-refractivity contribution is -0.125. The molecule has 0 aliphatic carbocycles. The molecule has 1 atom stereocenters. The molecule has 162 valence electrons. The van der Waals surface area contributed by atoms with Gasteiger partial charge in [-0.1, -0.05) is 36.4 Å². The van der Waals surface area contributed by atoms with Crippen molar-refractivity contribution >= 4 is 40.9 Å². The van der Waals surface area contributed by atoms with E-state index in [2.05, 4.69) is 10.6 Å². The second-order valence-corrected chi connectivity index (χ2v) is 7.98. The highest BCUT2D eigenvalue weighted by Crippen LogP contribution is 2.32. The molecule has 0 fully saturated rings. The second kappa shape index (κ2) is 9.57. The van der Waals surface area contributed by atoms with Crippen LogP contribution >= 0.6 is 11.8 Å². The minimum Gasteiger partial charge on any atom is -0.497 e. The average molecular weight is 449 g/mol. The van der Waals surface area contributed by atoms with Crippen LogP contribution in [-0.4, -0.2) is 30.6 Å². The van der Waals surface area contributed by atoms with E-state index in [0.717, 1.165) is 4.90 Å². The number of fused-ring (bicyclic) bond motifs is 1. The highest BCUT2D eigenvalue weighted by Gasteiger charge is 2.27. The van der Waals surface area contributed by atoms with Crippen LogP contribution in [0.4, 0.5) is 11.4 Å². The van der Waals surface area contributed by atoms with Crippen molar-refractivity contribution in [2.24, 2.45) is 0 Å². The Balaban J connectivity index is 1.57. The summed E-state index contributed by atoms with van der Waals surface area (Å²) in [7, 11) is 1.54. The topological polar surface area (TPSA) is 93.7 Å². The molecule has 1 aliphatic heterocycles. The van der Waals surface area contributed by atoms with Gasteiger partial charge in [0.25, 0.3) is 5.91 Å². The number of amides is 2. The van der Waals surface area contributed by atoms with E-state index in [0.29, 0.717) is 28.4 Å². The Morgan fingerprint density at radius 1 is 1.03 bits per heavy atom. The van der Waals surface area contributed by atoms with E-state index in [-0.39, 0.29) is 11.5 Å². The summed E-state index contributed by atoms with van der Waals surface area (Å²) in [5, 5.41) is 5.52. The number of carbonyl (C=O) groups is 3. The Morgan fingerprint density at radius 3 is 2.62 bits per heavy atom. The van der Waals surface area contributed by atoms with Crippen molar-refractivity contribution in [2.45, 2.75) is 11.0 Å². The summed E-state index contributed by atoms with van der Waals surface area (Å²) in [6, 6.07) is 20.6. The van der Waals surface area contributed by atoms with E-state index < -0.39 is 18.0 Å². The van der Waals surface area contributed by atoms with Crippen LogP contribution in [0, 0.1) is 0 Å². The number of thioether (sulfide) groups is 1. The molecule has 0 saturated heterocycles. The van der Waals surface area contributed by atoms with Crippen molar-refractivity contribution in [2.75, 3.05) is 23.5 Å². The van der Waals surface area contributed by atoms with Crippen molar-refractivity contribution in [3.8, 4) is 5.75 Å². The SMILES string of the molecule is COc1cccc(NC(=O)C(OC(=O)c2ccc3c(c2)NC(=O)CS3)c2ccccc2)c1. The van der Waals surface area contributed by atoms with Crippen LogP contribution in [0.15, 0.2) is 77.7 Å². The van der Waals surface area contributed by atoms with Crippen molar-refractivity contribution in [1.29, 1.82) is 0 Å². The Bertz CT molecular complexity index is 1170. The van der Waals surface area contributed by atoms with E-state index in [9.17, 15) is 14.4 Å². The fraction of sp³-hybridized carbons (Fsp3) is 0.125. The maximum absolute atomic E-state index is 13.1. The van der Waals surface area contributed by atoms with Gasteiger partial charge in [-0.05, 0) is 30.3 Å². The first-order chi connectivity index (χ1) is 15.5. The molecule has 0 aromatic heterocycles. The Morgan fingerprint density at radius 2 is 1.84 bits per heavy atom. The molecular formula is C24H20N2O5S. The van der Waals surface area contributed by atoms with Crippen LogP contribution in [0.3, 0.4) is 0 Å². The number of anilines is 2. The van der Waals surface area contributed by atoms with Crippen LogP contribution in [0.5, 0.6) is 5.75 Å². The quantitative estimate of drug-likeness (QED) is 0.547. The van der Waals surface area contributed by atoms with Crippen LogP contribution in [0.1, 0.15) is 22.0 Å². The van der Waals surface area contributed by atoms with Crippen LogP contribution < -0.4 is 15.4 Å². The fourth-order valence-electron chi connectivity index (χ4n) is 3.19. The summed E-state index contributed by atoms with van der Waals surface area (Å²) in [6.45, 7) is 0. The molecule has 7 nitrogen and oxygen atoms in total. The van der Waals surface area contributed by atoms with Crippen LogP contribution in [-0.2, 0) is 14.3 Å². The molecule has 1 unspecified atom stereocenters. The van der Waals surface area contributed by atoms with Gasteiger partial charge in [0, 0.05) is 22.2 Å². The number of nitrogens with one attached hydrogen (secondary N) is 2. The molecule has 0 spiro atoms. The summed E-state index contributed by atoms with van der Waals surface area (Å²) >= 11 is 1.40. The van der Waals surface area contributed by atoms with E-state index in [1.807, 2.05) is 6.07 Å². The molecule has 0 bridgehead atoms. The number of rotatable bonds is 6. The molecule has 3 aromatic rings. The number of benzene rings is 3. The maximum atomic E-state index is 13.1. The van der Waals surface area contributed by atoms with Gasteiger partial charge in [-0.3, -0.25) is 9.59 Å². The number of carbonyl (C=O) groups excluding carboxylic acids is 3. The molecule has 1 aliphatic rings. The van der Waals surface area contributed by atoms with Gasteiger partial charge >= 0.3 is 5.97 Å². The first kappa shape index (κ1) is 21.5. The molecule has 3 aromatic carbocycles. The third-order valence-corrected chi connectivity index (χ3v) is 5.82. The molecule has 32 heavy (non-hydrogen) atoms. The standard InChI is InChI=1S/C24H20N2O5S/c1-30-18-9-5-8-17(13-18)25-23(28)22(15-6-3-2-4-7-15)31-24(29)16-10-11-20-19(12-16)26-21(27)14-32-20/h2-13,22H,14H2,1H3,(H,25,28)(H,26,27). The minimum absolute atomic E-state index is 0.132. The molecule has 8 heteroatoms. The summed E-state index contributed by atoms with van der Waals surface area (Å²) < 4.78 is 10.8. The largest absolute Gasteiger partial charge is 0.497 e. The predicted molar refractivity (Wildman–Crippen MR) is 122 cm³/mol. The monoisotopic (exact) mass is 448 g/mol. The lowest BCUT2D eigenvalue weighted by Gasteiger charge is -2.20. The van der Waals surface area contributed by atoms with E-state index in [4.69, 9.17) is 9.47 Å². The highest BCUT2D eigenvalue weighted by atomic mass is 32.2. The van der Waals surface area contributed by atoms with Gasteiger partial charge in [-0.25, -0.2) is 4.79 Å². The fourth-order valence-corrected chi connectivity index (χ4v) is 3.98. The lowest BCUT2D eigenvalue weighted by Crippen LogP contribution is -2.26. The number of hydrogen-bond acceptors (Lipinski definition) is 6. The lowest BCUT2D eigenvalue weighted by atomic mass is 10.1. The molecule has 0 radical (unpaired) electrons. The Hall–Kier alpha value is -3.78. The predicted octanol–water partition coefficient (Wildman–Crippen LogP) is 4.28. The van der Waals surface area contributed by atoms with Gasteiger partial charge < -0.3 is 20.1 Å². The van der Waals surface area contributed by atoms with Gasteiger partial charge in [0.1, 0.15) is 5.75 Å². The zero-order valence-corrected chi connectivity index (χ0v) is 18.0.